The predicted molar refractivity (Wildman–Crippen MR) is 64.9 cm³/mol. The van der Waals surface area contributed by atoms with E-state index in [2.05, 4.69) is 0 Å². The Morgan fingerprint density at radius 2 is 1.94 bits per heavy atom. The van der Waals surface area contributed by atoms with Gasteiger partial charge in [0.2, 0.25) is 9.84 Å². The normalized spacial score (nSPS) is 17.4. The van der Waals surface area contributed by atoms with Gasteiger partial charge in [-0.25, -0.2) is 8.42 Å². The van der Waals surface area contributed by atoms with Crippen LogP contribution < -0.4 is 0 Å². The summed E-state index contributed by atoms with van der Waals surface area (Å²) in [4.78, 5) is 2.83. The molecule has 3 nitrogen and oxygen atoms in total. The van der Waals surface area contributed by atoms with Gasteiger partial charge in [-0.2, -0.15) is 0 Å². The third kappa shape index (κ3) is 1.68. The van der Waals surface area contributed by atoms with E-state index in [1.54, 1.807) is 6.08 Å². The first kappa shape index (κ1) is 11.4. The molecule has 0 atom stereocenters. The molecule has 1 aliphatic rings. The van der Waals surface area contributed by atoms with Crippen molar-refractivity contribution in [3.05, 3.63) is 34.2 Å². The van der Waals surface area contributed by atoms with E-state index in [1.807, 2.05) is 44.1 Å². The number of rotatable bonds is 2. The quantitative estimate of drug-likeness (QED) is 0.785. The van der Waals surface area contributed by atoms with Crippen LogP contribution in [0, 0.1) is 6.92 Å². The second-order valence-corrected chi connectivity index (χ2v) is 6.28. The van der Waals surface area contributed by atoms with E-state index in [0.717, 1.165) is 11.1 Å². The Hall–Kier alpha value is -1.13. The van der Waals surface area contributed by atoms with E-state index in [4.69, 9.17) is 0 Å². The molecule has 0 bridgehead atoms. The molecule has 0 unspecified atom stereocenters. The van der Waals surface area contributed by atoms with Crippen molar-refractivity contribution in [1.29, 1.82) is 0 Å². The standard InChI is InChI=1S/C12H15NO2S/c1-9-5-4-6-10-7-11(8-13(2)3)16(14,15)12(9)10/h4-7H,8H2,1-3H3. The summed E-state index contributed by atoms with van der Waals surface area (Å²) >= 11 is 0. The lowest BCUT2D eigenvalue weighted by Crippen LogP contribution is -2.18. The minimum Gasteiger partial charge on any atom is -0.304 e. The van der Waals surface area contributed by atoms with Crippen molar-refractivity contribution in [2.24, 2.45) is 0 Å². The molecule has 0 fully saturated rings. The molecule has 0 saturated heterocycles. The van der Waals surface area contributed by atoms with Gasteiger partial charge in [-0.1, -0.05) is 18.2 Å². The zero-order valence-corrected chi connectivity index (χ0v) is 10.5. The van der Waals surface area contributed by atoms with Crippen LogP contribution >= 0.6 is 0 Å². The molecule has 0 aliphatic carbocycles. The maximum Gasteiger partial charge on any atom is 0.204 e. The summed E-state index contributed by atoms with van der Waals surface area (Å²) in [6.07, 6.45) is 1.78. The molecule has 1 heterocycles. The molecule has 0 N–H and O–H groups in total. The summed E-state index contributed by atoms with van der Waals surface area (Å²) in [6, 6.07) is 5.57. The molecular weight excluding hydrogens is 222 g/mol. The Balaban J connectivity index is 2.56. The number of benzene rings is 1. The Kier molecular flexibility index (Phi) is 2.64. The zero-order valence-electron chi connectivity index (χ0n) is 9.69. The average Bonchev–Trinajstić information content (AvgIpc) is 2.38. The highest BCUT2D eigenvalue weighted by molar-refractivity contribution is 7.96. The van der Waals surface area contributed by atoms with Gasteiger partial charge in [-0.15, -0.1) is 0 Å². The first-order valence-electron chi connectivity index (χ1n) is 5.13. The highest BCUT2D eigenvalue weighted by Gasteiger charge is 2.30. The number of likely N-dealkylation sites (N-methyl/N-ethyl adjacent to an activating group) is 1. The first-order chi connectivity index (χ1) is 7.43. The van der Waals surface area contributed by atoms with Gasteiger partial charge in [-0.05, 0) is 38.2 Å². The monoisotopic (exact) mass is 237 g/mol. The highest BCUT2D eigenvalue weighted by atomic mass is 32.2. The van der Waals surface area contributed by atoms with Crippen molar-refractivity contribution in [2.75, 3.05) is 20.6 Å². The number of hydrogen-bond acceptors (Lipinski definition) is 3. The summed E-state index contributed by atoms with van der Waals surface area (Å²) < 4.78 is 24.5. The van der Waals surface area contributed by atoms with Gasteiger partial charge in [0.25, 0.3) is 0 Å². The molecule has 0 aromatic heterocycles. The molecule has 1 aromatic carbocycles. The fourth-order valence-electron chi connectivity index (χ4n) is 1.98. The van der Waals surface area contributed by atoms with Gasteiger partial charge in [0.15, 0.2) is 0 Å². The van der Waals surface area contributed by atoms with E-state index >= 15 is 0 Å². The van der Waals surface area contributed by atoms with Crippen molar-refractivity contribution in [2.45, 2.75) is 11.8 Å². The van der Waals surface area contributed by atoms with Crippen LogP contribution in [0.1, 0.15) is 11.1 Å². The molecule has 1 aromatic rings. The predicted octanol–water partition coefficient (Wildman–Crippen LogP) is 1.68. The zero-order chi connectivity index (χ0) is 11.9. The number of nitrogens with zero attached hydrogens (tertiary/aromatic N) is 1. The molecule has 0 saturated carbocycles. The Morgan fingerprint density at radius 1 is 1.25 bits per heavy atom. The summed E-state index contributed by atoms with van der Waals surface area (Å²) in [5.41, 5.74) is 1.64. The smallest absolute Gasteiger partial charge is 0.204 e. The summed E-state index contributed by atoms with van der Waals surface area (Å²) in [6.45, 7) is 2.29. The van der Waals surface area contributed by atoms with Crippen LogP contribution in [-0.2, 0) is 9.84 Å². The number of fused-ring (bicyclic) bond motifs is 1. The molecule has 16 heavy (non-hydrogen) atoms. The molecule has 86 valence electrons. The van der Waals surface area contributed by atoms with Gasteiger partial charge in [0.1, 0.15) is 0 Å². The largest absolute Gasteiger partial charge is 0.304 e. The third-order valence-electron chi connectivity index (χ3n) is 2.64. The Bertz CT molecular complexity index is 556. The van der Waals surface area contributed by atoms with Crippen LogP contribution in [0.4, 0.5) is 0 Å². The number of sulfone groups is 1. The van der Waals surface area contributed by atoms with E-state index in [0.29, 0.717) is 16.3 Å². The lowest BCUT2D eigenvalue weighted by atomic mass is 10.1. The van der Waals surface area contributed by atoms with Gasteiger partial charge < -0.3 is 4.90 Å². The van der Waals surface area contributed by atoms with Gasteiger partial charge in [0.05, 0.1) is 9.80 Å². The van der Waals surface area contributed by atoms with Crippen LogP contribution in [0.2, 0.25) is 0 Å². The molecule has 0 radical (unpaired) electrons. The van der Waals surface area contributed by atoms with Crippen molar-refractivity contribution in [3.63, 3.8) is 0 Å². The van der Waals surface area contributed by atoms with Crippen molar-refractivity contribution in [3.8, 4) is 0 Å². The fourth-order valence-corrected chi connectivity index (χ4v) is 3.88. The van der Waals surface area contributed by atoms with Gasteiger partial charge in [-0.3, -0.25) is 0 Å². The Labute approximate surface area is 96.3 Å². The molecular formula is C12H15NO2S. The molecule has 2 rings (SSSR count). The van der Waals surface area contributed by atoms with E-state index < -0.39 is 9.84 Å². The minimum atomic E-state index is -3.25. The maximum atomic E-state index is 12.2. The molecule has 0 amide bonds. The van der Waals surface area contributed by atoms with Gasteiger partial charge >= 0.3 is 0 Å². The van der Waals surface area contributed by atoms with Crippen molar-refractivity contribution >= 4 is 15.9 Å². The van der Waals surface area contributed by atoms with E-state index in [-0.39, 0.29) is 0 Å². The van der Waals surface area contributed by atoms with Crippen LogP contribution in [0.25, 0.3) is 6.08 Å². The number of hydrogen-bond donors (Lipinski definition) is 0. The van der Waals surface area contributed by atoms with Crippen LogP contribution in [0.15, 0.2) is 28.0 Å². The fraction of sp³-hybridized carbons (Fsp3) is 0.333. The van der Waals surface area contributed by atoms with Gasteiger partial charge in [0, 0.05) is 6.54 Å². The molecule has 0 spiro atoms. The topological polar surface area (TPSA) is 37.4 Å². The van der Waals surface area contributed by atoms with Crippen molar-refractivity contribution in [1.82, 2.24) is 4.90 Å². The second-order valence-electron chi connectivity index (χ2n) is 4.35. The average molecular weight is 237 g/mol. The highest BCUT2D eigenvalue weighted by Crippen LogP contribution is 2.34. The lowest BCUT2D eigenvalue weighted by molar-refractivity contribution is 0.451. The minimum absolute atomic E-state index is 0.455. The molecule has 4 heteroatoms. The van der Waals surface area contributed by atoms with E-state index in [1.165, 1.54) is 0 Å². The Morgan fingerprint density at radius 3 is 2.50 bits per heavy atom. The van der Waals surface area contributed by atoms with Crippen LogP contribution in [0.5, 0.6) is 0 Å². The number of aryl methyl sites for hydroxylation is 1. The lowest BCUT2D eigenvalue weighted by Gasteiger charge is -2.10. The van der Waals surface area contributed by atoms with E-state index in [9.17, 15) is 8.42 Å². The summed E-state index contributed by atoms with van der Waals surface area (Å²) in [7, 11) is 0.482. The maximum absolute atomic E-state index is 12.2. The summed E-state index contributed by atoms with van der Waals surface area (Å²) in [5.74, 6) is 0. The molecule has 1 aliphatic heterocycles. The van der Waals surface area contributed by atoms with Crippen LogP contribution in [-0.4, -0.2) is 34.0 Å². The van der Waals surface area contributed by atoms with Crippen molar-refractivity contribution < 1.29 is 8.42 Å². The summed E-state index contributed by atoms with van der Waals surface area (Å²) in [5, 5.41) is 0. The second kappa shape index (κ2) is 3.71. The SMILES string of the molecule is Cc1cccc2c1S(=O)(=O)C(CN(C)C)=C2. The third-order valence-corrected chi connectivity index (χ3v) is 4.68. The van der Waals surface area contributed by atoms with Crippen LogP contribution in [0.3, 0.4) is 0 Å². The first-order valence-corrected chi connectivity index (χ1v) is 6.61.